The zero-order chi connectivity index (χ0) is 21.0. The standard InChI is InChI=1S/C21H23N3O5/c1-12(25)10-24-21(26)14-5-7-16(23)19(20(14)27-2)15(22)6-3-13-4-8-17-18(9-13)29-11-28-17/h3-9,12,22,25H,10-11,23H2,1-2H3,(H,24,26)/b6-3+,22-15?. The molecule has 0 saturated carbocycles. The van der Waals surface area contributed by atoms with E-state index in [1.54, 1.807) is 31.2 Å². The van der Waals surface area contributed by atoms with Gasteiger partial charge in [-0.25, -0.2) is 0 Å². The zero-order valence-electron chi connectivity index (χ0n) is 16.2. The Morgan fingerprint density at radius 3 is 2.83 bits per heavy atom. The third kappa shape index (κ3) is 4.49. The van der Waals surface area contributed by atoms with E-state index >= 15 is 0 Å². The highest BCUT2D eigenvalue weighted by atomic mass is 16.7. The Labute approximate surface area is 168 Å². The van der Waals surface area contributed by atoms with E-state index in [2.05, 4.69) is 5.32 Å². The Morgan fingerprint density at radius 2 is 2.10 bits per heavy atom. The maximum Gasteiger partial charge on any atom is 0.255 e. The highest BCUT2D eigenvalue weighted by molar-refractivity contribution is 6.15. The maximum atomic E-state index is 12.4. The van der Waals surface area contributed by atoms with Gasteiger partial charge in [0.25, 0.3) is 5.91 Å². The van der Waals surface area contributed by atoms with Crippen LogP contribution in [-0.2, 0) is 0 Å². The first-order valence-corrected chi connectivity index (χ1v) is 9.00. The van der Waals surface area contributed by atoms with Crippen LogP contribution < -0.4 is 25.3 Å². The van der Waals surface area contributed by atoms with Gasteiger partial charge in [-0.05, 0) is 42.8 Å². The van der Waals surface area contributed by atoms with E-state index in [4.69, 9.17) is 25.4 Å². The number of anilines is 1. The molecule has 3 rings (SSSR count). The summed E-state index contributed by atoms with van der Waals surface area (Å²) in [5, 5.41) is 20.4. The molecule has 0 radical (unpaired) electrons. The van der Waals surface area contributed by atoms with Gasteiger partial charge in [0.05, 0.1) is 30.1 Å². The van der Waals surface area contributed by atoms with E-state index in [1.165, 1.54) is 13.2 Å². The van der Waals surface area contributed by atoms with Crippen LogP contribution in [0.5, 0.6) is 17.2 Å². The molecular weight excluding hydrogens is 374 g/mol. The van der Waals surface area contributed by atoms with Crippen molar-refractivity contribution in [2.75, 3.05) is 26.2 Å². The smallest absolute Gasteiger partial charge is 0.255 e. The molecule has 1 heterocycles. The third-order valence-electron chi connectivity index (χ3n) is 4.31. The molecule has 0 spiro atoms. The van der Waals surface area contributed by atoms with Gasteiger partial charge in [0, 0.05) is 12.2 Å². The minimum Gasteiger partial charge on any atom is -0.495 e. The number of carbonyl (C=O) groups is 1. The second-order valence-corrected chi connectivity index (χ2v) is 6.53. The number of methoxy groups -OCH3 is 1. The van der Waals surface area contributed by atoms with Crippen LogP contribution in [0.2, 0.25) is 0 Å². The Hall–Kier alpha value is -3.52. The Balaban J connectivity index is 1.87. The van der Waals surface area contributed by atoms with E-state index in [0.29, 0.717) is 22.7 Å². The molecule has 0 aliphatic carbocycles. The summed E-state index contributed by atoms with van der Waals surface area (Å²) in [7, 11) is 1.42. The average molecular weight is 397 g/mol. The second kappa shape index (κ2) is 8.66. The van der Waals surface area contributed by atoms with Crippen LogP contribution in [0.25, 0.3) is 6.08 Å². The number of ether oxygens (including phenoxy) is 3. The number of hydrogen-bond donors (Lipinski definition) is 4. The van der Waals surface area contributed by atoms with Gasteiger partial charge in [0.2, 0.25) is 6.79 Å². The molecule has 2 aromatic carbocycles. The first-order valence-electron chi connectivity index (χ1n) is 9.00. The fourth-order valence-electron chi connectivity index (χ4n) is 2.88. The van der Waals surface area contributed by atoms with Crippen molar-refractivity contribution in [2.24, 2.45) is 0 Å². The van der Waals surface area contributed by atoms with Crippen molar-refractivity contribution in [2.45, 2.75) is 13.0 Å². The number of amides is 1. The minimum absolute atomic E-state index is 0.0854. The summed E-state index contributed by atoms with van der Waals surface area (Å²) in [6.07, 6.45) is 2.63. The number of aliphatic hydroxyl groups excluding tert-OH is 1. The molecular formula is C21H23N3O5. The SMILES string of the molecule is COc1c(C(=O)NCC(C)O)ccc(N)c1C(=N)/C=C/c1ccc2c(c1)OCO2. The molecule has 0 saturated heterocycles. The number of nitrogen functional groups attached to an aromatic ring is 1. The first-order chi connectivity index (χ1) is 13.9. The molecule has 5 N–H and O–H groups in total. The number of benzene rings is 2. The lowest BCUT2D eigenvalue weighted by atomic mass is 10.0. The fraction of sp³-hybridized carbons (Fsp3) is 0.238. The lowest BCUT2D eigenvalue weighted by Gasteiger charge is -2.15. The zero-order valence-corrected chi connectivity index (χ0v) is 16.2. The third-order valence-corrected chi connectivity index (χ3v) is 4.31. The summed E-state index contributed by atoms with van der Waals surface area (Å²) >= 11 is 0. The normalized spacial score (nSPS) is 13.3. The number of hydrogen-bond acceptors (Lipinski definition) is 7. The van der Waals surface area contributed by atoms with Crippen LogP contribution >= 0.6 is 0 Å². The molecule has 0 bridgehead atoms. The van der Waals surface area contributed by atoms with Crippen LogP contribution in [0, 0.1) is 5.41 Å². The molecule has 1 unspecified atom stereocenters. The van der Waals surface area contributed by atoms with Crippen molar-refractivity contribution in [3.8, 4) is 17.2 Å². The van der Waals surface area contributed by atoms with E-state index in [-0.39, 0.29) is 30.4 Å². The van der Waals surface area contributed by atoms with Gasteiger partial charge in [-0.2, -0.15) is 0 Å². The summed E-state index contributed by atoms with van der Waals surface area (Å²) in [6, 6.07) is 8.54. The molecule has 1 aliphatic heterocycles. The minimum atomic E-state index is -0.680. The lowest BCUT2D eigenvalue weighted by molar-refractivity contribution is 0.0921. The molecule has 8 heteroatoms. The summed E-state index contributed by atoms with van der Waals surface area (Å²) in [5.41, 5.74) is 7.84. The quantitative estimate of drug-likeness (QED) is 0.419. The van der Waals surface area contributed by atoms with Crippen LogP contribution in [0.4, 0.5) is 5.69 Å². The Kier molecular flexibility index (Phi) is 6.04. The monoisotopic (exact) mass is 397 g/mol. The molecule has 2 aromatic rings. The Morgan fingerprint density at radius 1 is 1.34 bits per heavy atom. The highest BCUT2D eigenvalue weighted by Gasteiger charge is 2.20. The van der Waals surface area contributed by atoms with Crippen molar-refractivity contribution in [1.29, 1.82) is 5.41 Å². The molecule has 8 nitrogen and oxygen atoms in total. The van der Waals surface area contributed by atoms with Gasteiger partial charge in [0.15, 0.2) is 11.5 Å². The predicted molar refractivity (Wildman–Crippen MR) is 110 cm³/mol. The number of rotatable bonds is 7. The predicted octanol–water partition coefficient (Wildman–Crippen LogP) is 2.20. The maximum absolute atomic E-state index is 12.4. The molecule has 0 fully saturated rings. The molecule has 1 aliphatic rings. The van der Waals surface area contributed by atoms with Crippen molar-refractivity contribution in [3.05, 3.63) is 53.1 Å². The first kappa shape index (κ1) is 20.2. The van der Waals surface area contributed by atoms with Crippen LogP contribution in [0.1, 0.15) is 28.4 Å². The molecule has 1 amide bonds. The van der Waals surface area contributed by atoms with Crippen LogP contribution in [0.15, 0.2) is 36.4 Å². The fourth-order valence-corrected chi connectivity index (χ4v) is 2.88. The van der Waals surface area contributed by atoms with Gasteiger partial charge in [0.1, 0.15) is 5.75 Å². The number of carbonyl (C=O) groups excluding carboxylic acids is 1. The lowest BCUT2D eigenvalue weighted by Crippen LogP contribution is -2.31. The van der Waals surface area contributed by atoms with Crippen molar-refractivity contribution < 1.29 is 24.1 Å². The highest BCUT2D eigenvalue weighted by Crippen LogP contribution is 2.33. The molecule has 1 atom stereocenters. The summed E-state index contributed by atoms with van der Waals surface area (Å²) < 4.78 is 16.0. The van der Waals surface area contributed by atoms with Crippen molar-refractivity contribution >= 4 is 23.4 Å². The number of allylic oxidation sites excluding steroid dienone is 1. The van der Waals surface area contributed by atoms with E-state index in [0.717, 1.165) is 5.56 Å². The summed E-state index contributed by atoms with van der Waals surface area (Å²) in [6.45, 7) is 1.86. The molecule has 29 heavy (non-hydrogen) atoms. The second-order valence-electron chi connectivity index (χ2n) is 6.53. The van der Waals surface area contributed by atoms with Crippen LogP contribution in [-0.4, -0.2) is 43.3 Å². The van der Waals surface area contributed by atoms with Crippen molar-refractivity contribution in [1.82, 2.24) is 5.32 Å². The van der Waals surface area contributed by atoms with Crippen molar-refractivity contribution in [3.63, 3.8) is 0 Å². The number of nitrogens with one attached hydrogen (secondary N) is 2. The Bertz CT molecular complexity index is 969. The molecule has 0 aromatic heterocycles. The van der Waals surface area contributed by atoms with Gasteiger partial charge >= 0.3 is 0 Å². The van der Waals surface area contributed by atoms with Crippen LogP contribution in [0.3, 0.4) is 0 Å². The number of nitrogens with two attached hydrogens (primary N) is 1. The number of fused-ring (bicyclic) bond motifs is 1. The van der Waals surface area contributed by atoms with Gasteiger partial charge in [-0.15, -0.1) is 0 Å². The largest absolute Gasteiger partial charge is 0.495 e. The summed E-state index contributed by atoms with van der Waals surface area (Å²) in [5.74, 6) is 1.11. The average Bonchev–Trinajstić information content (AvgIpc) is 3.17. The van der Waals surface area contributed by atoms with Gasteiger partial charge in [-0.1, -0.05) is 12.1 Å². The van der Waals surface area contributed by atoms with Gasteiger partial charge < -0.3 is 35.8 Å². The topological polar surface area (TPSA) is 127 Å². The van der Waals surface area contributed by atoms with E-state index < -0.39 is 12.0 Å². The van der Waals surface area contributed by atoms with E-state index in [1.807, 2.05) is 12.1 Å². The van der Waals surface area contributed by atoms with E-state index in [9.17, 15) is 9.90 Å². The molecule has 152 valence electrons. The number of aliphatic hydroxyl groups is 1. The van der Waals surface area contributed by atoms with Gasteiger partial charge in [-0.3, -0.25) is 4.79 Å². The summed E-state index contributed by atoms with van der Waals surface area (Å²) in [4.78, 5) is 12.4.